The molecule has 0 saturated heterocycles. The zero-order chi connectivity index (χ0) is 15.9. The number of benzene rings is 1. The van der Waals surface area contributed by atoms with Gasteiger partial charge in [-0.3, -0.25) is 9.59 Å². The van der Waals surface area contributed by atoms with Crippen molar-refractivity contribution in [1.29, 1.82) is 0 Å². The normalized spacial score (nSPS) is 14.1. The molecule has 1 aromatic carbocycles. The van der Waals surface area contributed by atoms with Crippen LogP contribution in [0.2, 0.25) is 0 Å². The molecule has 0 spiro atoms. The molecule has 1 heterocycles. The summed E-state index contributed by atoms with van der Waals surface area (Å²) in [7, 11) is 0. The highest BCUT2D eigenvalue weighted by Gasteiger charge is 2.33. The van der Waals surface area contributed by atoms with Crippen LogP contribution in [0.3, 0.4) is 0 Å². The third-order valence-corrected chi connectivity index (χ3v) is 3.97. The van der Waals surface area contributed by atoms with Crippen molar-refractivity contribution in [2.24, 2.45) is 0 Å². The van der Waals surface area contributed by atoms with E-state index in [4.69, 9.17) is 0 Å². The van der Waals surface area contributed by atoms with Gasteiger partial charge in [-0.25, -0.2) is 14.4 Å². The van der Waals surface area contributed by atoms with Crippen molar-refractivity contribution >= 4 is 33.2 Å². The number of allylic oxidation sites excluding steroid dienone is 2. The Morgan fingerprint density at radius 2 is 1.73 bits per heavy atom. The highest BCUT2D eigenvalue weighted by Crippen LogP contribution is 2.28. The first-order chi connectivity index (χ1) is 10.5. The second-order valence-electron chi connectivity index (χ2n) is 4.69. The minimum atomic E-state index is -0.476. The van der Waals surface area contributed by atoms with Crippen molar-refractivity contribution in [2.45, 2.75) is 6.92 Å². The van der Waals surface area contributed by atoms with E-state index in [1.54, 1.807) is 19.1 Å². The first-order valence-corrected chi connectivity index (χ1v) is 7.11. The molecule has 1 aliphatic carbocycles. The molecule has 5 nitrogen and oxygen atoms in total. The number of hydrogen-bond acceptors (Lipinski definition) is 5. The van der Waals surface area contributed by atoms with Crippen molar-refractivity contribution < 1.29 is 14.0 Å². The van der Waals surface area contributed by atoms with Crippen LogP contribution in [0.1, 0.15) is 26.5 Å². The Kier molecular flexibility index (Phi) is 3.58. The molecule has 0 amide bonds. The average Bonchev–Trinajstić information content (AvgIpc) is 2.53. The molecule has 0 atom stereocenters. The first kappa shape index (κ1) is 14.5. The Morgan fingerprint density at radius 3 is 2.36 bits per heavy atom. The summed E-state index contributed by atoms with van der Waals surface area (Å²) in [4.78, 5) is 32.4. The van der Waals surface area contributed by atoms with Crippen LogP contribution in [0.15, 0.2) is 40.8 Å². The van der Waals surface area contributed by atoms with Gasteiger partial charge in [0.1, 0.15) is 22.9 Å². The number of carbonyl (C=O) groups is 2. The molecule has 0 fully saturated rings. The molecular formula is C15H9BrFN3O2. The van der Waals surface area contributed by atoms with Gasteiger partial charge < -0.3 is 5.32 Å². The van der Waals surface area contributed by atoms with E-state index in [0.717, 1.165) is 0 Å². The number of ketones is 2. The van der Waals surface area contributed by atoms with Gasteiger partial charge in [0.25, 0.3) is 0 Å². The lowest BCUT2D eigenvalue weighted by molar-refractivity contribution is 0.0975. The summed E-state index contributed by atoms with van der Waals surface area (Å²) >= 11 is 3.11. The molecule has 110 valence electrons. The molecule has 3 rings (SSSR count). The Morgan fingerprint density at radius 1 is 1.09 bits per heavy atom. The van der Waals surface area contributed by atoms with E-state index in [1.165, 1.54) is 18.5 Å². The zero-order valence-corrected chi connectivity index (χ0v) is 12.9. The summed E-state index contributed by atoms with van der Waals surface area (Å²) in [5.74, 6) is -1.33. The number of aromatic nitrogens is 2. The largest absolute Gasteiger partial charge is 0.351 e. The predicted molar refractivity (Wildman–Crippen MR) is 81.4 cm³/mol. The van der Waals surface area contributed by atoms with Crippen LogP contribution in [0.25, 0.3) is 0 Å². The summed E-state index contributed by atoms with van der Waals surface area (Å²) in [5.41, 5.74) is 0.844. The number of hydrogen-bond donors (Lipinski definition) is 1. The van der Waals surface area contributed by atoms with Gasteiger partial charge >= 0.3 is 0 Å². The van der Waals surface area contributed by atoms with E-state index in [1.807, 2.05) is 0 Å². The second-order valence-corrected chi connectivity index (χ2v) is 5.48. The molecule has 0 aliphatic heterocycles. The van der Waals surface area contributed by atoms with Crippen molar-refractivity contribution in [1.82, 2.24) is 9.97 Å². The lowest BCUT2D eigenvalue weighted by atomic mass is 10.0. The lowest BCUT2D eigenvalue weighted by Crippen LogP contribution is -2.26. The number of carbonyl (C=O) groups excluding carboxylic acids is 2. The van der Waals surface area contributed by atoms with Gasteiger partial charge in [-0.2, -0.15) is 0 Å². The Balaban J connectivity index is 2.03. The van der Waals surface area contributed by atoms with Crippen molar-refractivity contribution in [3.8, 4) is 0 Å². The number of nitrogens with one attached hydrogen (secondary N) is 1. The minimum absolute atomic E-state index is 0.0000108. The highest BCUT2D eigenvalue weighted by atomic mass is 79.9. The number of nitrogens with zero attached hydrogens (tertiary/aromatic N) is 2. The molecule has 0 bridgehead atoms. The number of halogens is 2. The molecule has 0 radical (unpaired) electrons. The maximum Gasteiger partial charge on any atom is 0.231 e. The monoisotopic (exact) mass is 361 g/mol. The number of Topliss-reactive ketones (excluding diaryl/α,β-unsaturated/α-hetero) is 2. The van der Waals surface area contributed by atoms with Gasteiger partial charge in [-0.1, -0.05) is 6.07 Å². The molecular weight excluding hydrogens is 353 g/mol. The van der Waals surface area contributed by atoms with E-state index in [0.29, 0.717) is 11.3 Å². The Hall–Kier alpha value is -2.41. The predicted octanol–water partition coefficient (Wildman–Crippen LogP) is 3.02. The van der Waals surface area contributed by atoms with Gasteiger partial charge in [-0.15, -0.1) is 0 Å². The fourth-order valence-electron chi connectivity index (χ4n) is 2.03. The van der Waals surface area contributed by atoms with Gasteiger partial charge in [0.15, 0.2) is 0 Å². The Labute approximate surface area is 133 Å². The lowest BCUT2D eigenvalue weighted by Gasteiger charge is -2.17. The van der Waals surface area contributed by atoms with Crippen LogP contribution in [-0.2, 0) is 0 Å². The fourth-order valence-corrected chi connectivity index (χ4v) is 2.50. The van der Waals surface area contributed by atoms with E-state index < -0.39 is 17.4 Å². The SMILES string of the molecule is Cc1ccc(NC2=C(Br)C(=O)c3nccnc3C2=O)cc1F. The molecule has 1 aliphatic rings. The number of fused-ring (bicyclic) bond motifs is 1. The van der Waals surface area contributed by atoms with E-state index >= 15 is 0 Å². The van der Waals surface area contributed by atoms with Crippen molar-refractivity contribution in [2.75, 3.05) is 5.32 Å². The fraction of sp³-hybridized carbons (Fsp3) is 0.0667. The number of aryl methyl sites for hydroxylation is 1. The molecule has 1 aromatic heterocycles. The van der Waals surface area contributed by atoms with Crippen LogP contribution in [0, 0.1) is 12.7 Å². The molecule has 0 unspecified atom stereocenters. The van der Waals surface area contributed by atoms with E-state index in [-0.39, 0.29) is 21.6 Å². The number of anilines is 1. The van der Waals surface area contributed by atoms with Crippen LogP contribution < -0.4 is 5.32 Å². The maximum absolute atomic E-state index is 13.6. The summed E-state index contributed by atoms with van der Waals surface area (Å²) in [5, 5.41) is 2.77. The number of rotatable bonds is 2. The third kappa shape index (κ3) is 2.33. The molecule has 0 saturated carbocycles. The summed E-state index contributed by atoms with van der Waals surface area (Å²) in [6.45, 7) is 1.63. The standard InChI is InChI=1S/C15H9BrFN3O2/c1-7-2-3-8(6-9(7)17)20-11-10(16)14(21)12-13(15(11)22)19-5-4-18-12/h2-6,20H,1H3. The van der Waals surface area contributed by atoms with Gasteiger partial charge in [-0.05, 0) is 40.5 Å². The topological polar surface area (TPSA) is 72.0 Å². The molecule has 7 heteroatoms. The minimum Gasteiger partial charge on any atom is -0.351 e. The smallest absolute Gasteiger partial charge is 0.231 e. The maximum atomic E-state index is 13.6. The van der Waals surface area contributed by atoms with Gasteiger partial charge in [0, 0.05) is 18.1 Å². The summed E-state index contributed by atoms with van der Waals surface area (Å²) in [6, 6.07) is 4.46. The van der Waals surface area contributed by atoms with E-state index in [9.17, 15) is 14.0 Å². The van der Waals surface area contributed by atoms with Gasteiger partial charge in [0.05, 0.1) is 4.48 Å². The molecule has 22 heavy (non-hydrogen) atoms. The van der Waals surface area contributed by atoms with Crippen LogP contribution in [0.4, 0.5) is 10.1 Å². The van der Waals surface area contributed by atoms with Crippen molar-refractivity contribution in [3.63, 3.8) is 0 Å². The Bertz CT molecular complexity index is 848. The highest BCUT2D eigenvalue weighted by molar-refractivity contribution is 9.12. The van der Waals surface area contributed by atoms with Crippen LogP contribution >= 0.6 is 15.9 Å². The second kappa shape index (κ2) is 5.42. The zero-order valence-electron chi connectivity index (χ0n) is 11.4. The third-order valence-electron chi connectivity index (χ3n) is 3.22. The van der Waals surface area contributed by atoms with Crippen LogP contribution in [-0.4, -0.2) is 21.5 Å². The quantitative estimate of drug-likeness (QED) is 0.889. The van der Waals surface area contributed by atoms with Gasteiger partial charge in [0.2, 0.25) is 11.6 Å². The van der Waals surface area contributed by atoms with Crippen LogP contribution in [0.5, 0.6) is 0 Å². The van der Waals surface area contributed by atoms with Crippen molar-refractivity contribution in [3.05, 3.63) is 63.5 Å². The first-order valence-electron chi connectivity index (χ1n) is 6.32. The molecule has 1 N–H and O–H groups in total. The summed E-state index contributed by atoms with van der Waals surface area (Å²) in [6.07, 6.45) is 2.68. The van der Waals surface area contributed by atoms with E-state index in [2.05, 4.69) is 31.2 Å². The molecule has 2 aromatic rings. The summed E-state index contributed by atoms with van der Waals surface area (Å²) < 4.78 is 13.6. The average molecular weight is 362 g/mol.